The maximum Gasteiger partial charge on any atom is 0.330 e. The summed E-state index contributed by atoms with van der Waals surface area (Å²) in [7, 11) is 0. The molecular formula is C35H48N4O14. The van der Waals surface area contributed by atoms with E-state index in [4.69, 9.17) is 37.9 Å². The molecule has 0 aromatic carbocycles. The molecule has 8 unspecified atom stereocenters. The lowest BCUT2D eigenvalue weighted by molar-refractivity contribution is -0.203. The van der Waals surface area contributed by atoms with Crippen molar-refractivity contribution in [3.63, 3.8) is 0 Å². The van der Waals surface area contributed by atoms with Crippen LogP contribution in [-0.2, 0) is 47.5 Å². The Kier molecular flexibility index (Phi) is 11.9. The monoisotopic (exact) mass is 748 g/mol. The third kappa shape index (κ3) is 9.42. The van der Waals surface area contributed by atoms with Gasteiger partial charge in [-0.05, 0) is 40.5 Å². The van der Waals surface area contributed by atoms with Crippen molar-refractivity contribution in [2.45, 2.75) is 146 Å². The van der Waals surface area contributed by atoms with Crippen molar-refractivity contribution in [3.05, 3.63) is 66.2 Å². The molecule has 0 bridgehead atoms. The number of carbonyl (C=O) groups excluding carboxylic acids is 2. The molecule has 18 nitrogen and oxygen atoms in total. The molecule has 8 atom stereocenters. The molecule has 4 aliphatic rings. The normalized spacial score (nSPS) is 29.5. The molecule has 0 amide bonds. The molecule has 2 aromatic heterocycles. The summed E-state index contributed by atoms with van der Waals surface area (Å²) in [6.07, 6.45) is 3.59. The summed E-state index contributed by atoms with van der Waals surface area (Å²) in [4.78, 5) is 77.2. The fraction of sp³-hybridized carbons (Fsp3) is 0.714. The molecule has 2 aromatic rings. The molecule has 0 radical (unpaired) electrons. The van der Waals surface area contributed by atoms with E-state index in [2.05, 4.69) is 9.97 Å². The molecular weight excluding hydrogens is 700 g/mol. The second kappa shape index (κ2) is 16.2. The average molecular weight is 749 g/mol. The van der Waals surface area contributed by atoms with Crippen molar-refractivity contribution >= 4 is 11.9 Å². The zero-order valence-electron chi connectivity index (χ0n) is 30.3. The number of carbonyl (C=O) groups is 2. The summed E-state index contributed by atoms with van der Waals surface area (Å²) in [5.41, 5.74) is -2.33. The minimum absolute atomic E-state index is 0.0652. The first-order valence-corrected chi connectivity index (χ1v) is 18.2. The van der Waals surface area contributed by atoms with Gasteiger partial charge in [-0.2, -0.15) is 0 Å². The summed E-state index contributed by atoms with van der Waals surface area (Å²) in [5, 5.41) is 0. The number of aromatic amines is 2. The Morgan fingerprint density at radius 3 is 1.34 bits per heavy atom. The maximum absolute atomic E-state index is 12.5. The number of ether oxygens (including phenoxy) is 8. The van der Waals surface area contributed by atoms with Crippen LogP contribution >= 0.6 is 0 Å². The number of nitrogens with zero attached hydrogens (tertiary/aromatic N) is 2. The molecule has 2 N–H and O–H groups in total. The Morgan fingerprint density at radius 1 is 0.604 bits per heavy atom. The zero-order valence-corrected chi connectivity index (χ0v) is 30.3. The smallest absolute Gasteiger partial charge is 0.330 e. The number of esters is 2. The van der Waals surface area contributed by atoms with Gasteiger partial charge in [0.2, 0.25) is 0 Å². The molecule has 6 heterocycles. The third-order valence-electron chi connectivity index (χ3n) is 9.58. The van der Waals surface area contributed by atoms with Gasteiger partial charge in [-0.25, -0.2) is 9.59 Å². The van der Waals surface area contributed by atoms with Crippen LogP contribution < -0.4 is 22.5 Å². The van der Waals surface area contributed by atoms with Crippen LogP contribution in [0, 0.1) is 0 Å². The van der Waals surface area contributed by atoms with E-state index in [1.54, 1.807) is 27.7 Å². The van der Waals surface area contributed by atoms with Crippen LogP contribution in [0.15, 0.2) is 43.7 Å². The van der Waals surface area contributed by atoms with Crippen molar-refractivity contribution in [2.24, 2.45) is 0 Å². The minimum atomic E-state index is -0.925. The highest BCUT2D eigenvalue weighted by atomic mass is 16.8. The van der Waals surface area contributed by atoms with Crippen molar-refractivity contribution in [2.75, 3.05) is 13.2 Å². The molecule has 53 heavy (non-hydrogen) atoms. The van der Waals surface area contributed by atoms with Gasteiger partial charge in [-0.15, -0.1) is 0 Å². The number of nitrogens with one attached hydrogen (secondary N) is 2. The minimum Gasteiger partial charge on any atom is -0.463 e. The Hall–Kier alpha value is -3.94. The van der Waals surface area contributed by atoms with E-state index in [1.807, 2.05) is 0 Å². The Bertz CT molecular complexity index is 1720. The number of unbranched alkanes of at least 4 members (excludes halogenated alkanes) is 6. The lowest BCUT2D eigenvalue weighted by Gasteiger charge is -2.24. The van der Waals surface area contributed by atoms with Crippen LogP contribution in [0.2, 0.25) is 0 Å². The average Bonchev–Trinajstić information content (AvgIpc) is 3.78. The van der Waals surface area contributed by atoms with Gasteiger partial charge in [-0.1, -0.05) is 32.1 Å². The van der Waals surface area contributed by atoms with Crippen LogP contribution in [0.5, 0.6) is 0 Å². The number of aromatic nitrogens is 4. The topological polar surface area (TPSA) is 218 Å². The number of fused-ring (bicyclic) bond motifs is 2. The maximum atomic E-state index is 12.5. The number of hydrogen-bond donors (Lipinski definition) is 2. The molecule has 4 saturated heterocycles. The van der Waals surface area contributed by atoms with E-state index >= 15 is 0 Å². The Labute approximate surface area is 303 Å². The van der Waals surface area contributed by atoms with Crippen molar-refractivity contribution in [3.8, 4) is 0 Å². The van der Waals surface area contributed by atoms with E-state index in [9.17, 15) is 28.8 Å². The molecule has 0 aliphatic carbocycles. The van der Waals surface area contributed by atoms with Crippen LogP contribution in [0.1, 0.15) is 97.9 Å². The largest absolute Gasteiger partial charge is 0.463 e. The predicted octanol–water partition coefficient (Wildman–Crippen LogP) is 1.52. The predicted molar refractivity (Wildman–Crippen MR) is 182 cm³/mol. The second-order valence-corrected chi connectivity index (χ2v) is 14.6. The van der Waals surface area contributed by atoms with Gasteiger partial charge in [0.25, 0.3) is 11.1 Å². The lowest BCUT2D eigenvalue weighted by Crippen LogP contribution is -2.37. The third-order valence-corrected chi connectivity index (χ3v) is 9.58. The van der Waals surface area contributed by atoms with Gasteiger partial charge in [-0.3, -0.25) is 38.3 Å². The van der Waals surface area contributed by atoms with Gasteiger partial charge in [0.05, 0.1) is 0 Å². The van der Waals surface area contributed by atoms with Gasteiger partial charge < -0.3 is 37.9 Å². The molecule has 0 saturated carbocycles. The first kappa shape index (κ1) is 38.8. The zero-order chi connectivity index (χ0) is 37.9. The van der Waals surface area contributed by atoms with E-state index in [1.165, 1.54) is 33.7 Å². The fourth-order valence-corrected chi connectivity index (χ4v) is 7.21. The summed E-state index contributed by atoms with van der Waals surface area (Å²) in [6.45, 7) is 6.87. The first-order valence-electron chi connectivity index (χ1n) is 18.2. The van der Waals surface area contributed by atoms with Crippen LogP contribution in [0.25, 0.3) is 0 Å². The molecule has 4 fully saturated rings. The number of rotatable bonds is 16. The highest BCUT2D eigenvalue weighted by molar-refractivity contribution is 5.69. The van der Waals surface area contributed by atoms with E-state index in [0.29, 0.717) is 12.8 Å². The van der Waals surface area contributed by atoms with E-state index in [0.717, 1.165) is 32.1 Å². The Balaban J connectivity index is 0.830. The highest BCUT2D eigenvalue weighted by Gasteiger charge is 2.57. The quantitative estimate of drug-likeness (QED) is 0.184. The van der Waals surface area contributed by atoms with Crippen molar-refractivity contribution in [1.82, 2.24) is 19.1 Å². The molecule has 292 valence electrons. The van der Waals surface area contributed by atoms with Gasteiger partial charge in [0, 0.05) is 37.4 Å². The first-order chi connectivity index (χ1) is 25.2. The van der Waals surface area contributed by atoms with Crippen LogP contribution in [0.3, 0.4) is 0 Å². The second-order valence-electron chi connectivity index (χ2n) is 14.6. The number of hydrogen-bond acceptors (Lipinski definition) is 14. The summed E-state index contributed by atoms with van der Waals surface area (Å²) in [6, 6.07) is 2.44. The highest BCUT2D eigenvalue weighted by Crippen LogP contribution is 2.44. The van der Waals surface area contributed by atoms with E-state index < -0.39 is 83.2 Å². The van der Waals surface area contributed by atoms with Gasteiger partial charge >= 0.3 is 23.3 Å². The standard InChI is InChI=1S/C35H48N4O14/c1-34(2)50-26-20(48-30(28(26)52-34)38-16-14-22(40)36-32(38)44)18-46-24(42)12-10-8-6-5-7-9-11-13-25(43)47-19-21-27-29(53-35(3,4)51-27)31(49-21)39-17-15-23(41)37-33(39)45/h14-17,20-21,26-31H,5-13,18-19H2,1-4H3,(H,36,40,44)(H,37,41,45). The van der Waals surface area contributed by atoms with Gasteiger partial charge in [0.1, 0.15) is 49.8 Å². The SMILES string of the molecule is CC1(C)OC2C(COC(=O)CCCCCCCCCC(=O)OCC3OC(n4ccc(=O)[nH]c4=O)C4OC(C)(C)OC34)OC(n3ccc(=O)[nH]c3=O)C2O1. The van der Waals surface area contributed by atoms with Crippen molar-refractivity contribution < 1.29 is 47.5 Å². The molecule has 4 aliphatic heterocycles. The van der Waals surface area contributed by atoms with Gasteiger partial charge in [0.15, 0.2) is 24.0 Å². The lowest BCUT2D eigenvalue weighted by atomic mass is 10.1. The summed E-state index contributed by atoms with van der Waals surface area (Å²) >= 11 is 0. The fourth-order valence-electron chi connectivity index (χ4n) is 7.21. The molecule has 6 rings (SSSR count). The van der Waals surface area contributed by atoms with E-state index in [-0.39, 0.29) is 38.0 Å². The summed E-state index contributed by atoms with van der Waals surface area (Å²) in [5.74, 6) is -2.57. The van der Waals surface area contributed by atoms with Crippen molar-refractivity contribution in [1.29, 1.82) is 0 Å². The summed E-state index contributed by atoms with van der Waals surface area (Å²) < 4.78 is 49.4. The molecule has 0 spiro atoms. The number of H-pyrrole nitrogens is 2. The van der Waals surface area contributed by atoms with Crippen LogP contribution in [0.4, 0.5) is 0 Å². The Morgan fingerprint density at radius 2 is 0.962 bits per heavy atom. The molecule has 18 heteroatoms. The van der Waals surface area contributed by atoms with Crippen LogP contribution in [-0.4, -0.2) is 92.5 Å².